The molecule has 2 aromatic rings. The normalized spacial score (nSPS) is 10.2. The molecule has 4 nitrogen and oxygen atoms in total. The molecule has 25 heavy (non-hydrogen) atoms. The van der Waals surface area contributed by atoms with Crippen LogP contribution in [0.15, 0.2) is 48.6 Å². The molecule has 0 heterocycles. The largest absolute Gasteiger partial charge is 0.489 e. The average molecular weight is 338 g/mol. The number of hydrogen-bond acceptors (Lipinski definition) is 3. The van der Waals surface area contributed by atoms with E-state index in [9.17, 15) is 4.79 Å². The van der Waals surface area contributed by atoms with E-state index in [-0.39, 0.29) is 12.5 Å². The van der Waals surface area contributed by atoms with Gasteiger partial charge in [-0.05, 0) is 56.5 Å². The smallest absolute Gasteiger partial charge is 0.243 e. The van der Waals surface area contributed by atoms with Crippen LogP contribution in [0.5, 0.6) is 5.75 Å². The molecule has 0 radical (unpaired) electrons. The minimum absolute atomic E-state index is 0.0803. The first kappa shape index (κ1) is 18.6. The SMILES string of the molecule is C=C(C)COc1cccc(NCC(=O)Nc2c(C)cc(C)cc2C)c1. The highest BCUT2D eigenvalue weighted by Crippen LogP contribution is 2.22. The first-order chi connectivity index (χ1) is 11.8. The zero-order valence-corrected chi connectivity index (χ0v) is 15.4. The van der Waals surface area contributed by atoms with E-state index in [1.165, 1.54) is 5.56 Å². The van der Waals surface area contributed by atoms with Crippen molar-refractivity contribution in [2.75, 3.05) is 23.8 Å². The first-order valence-electron chi connectivity index (χ1n) is 8.34. The molecule has 0 aliphatic carbocycles. The van der Waals surface area contributed by atoms with Gasteiger partial charge in [-0.25, -0.2) is 0 Å². The lowest BCUT2D eigenvalue weighted by atomic mass is 10.1. The molecule has 0 spiro atoms. The number of carbonyl (C=O) groups is 1. The van der Waals surface area contributed by atoms with Crippen molar-refractivity contribution in [1.29, 1.82) is 0 Å². The van der Waals surface area contributed by atoms with E-state index < -0.39 is 0 Å². The monoisotopic (exact) mass is 338 g/mol. The third-order valence-electron chi connectivity index (χ3n) is 3.71. The van der Waals surface area contributed by atoms with E-state index in [1.807, 2.05) is 45.0 Å². The van der Waals surface area contributed by atoms with Gasteiger partial charge < -0.3 is 15.4 Å². The van der Waals surface area contributed by atoms with Crippen molar-refractivity contribution in [3.63, 3.8) is 0 Å². The number of nitrogens with one attached hydrogen (secondary N) is 2. The van der Waals surface area contributed by atoms with E-state index in [4.69, 9.17) is 4.74 Å². The van der Waals surface area contributed by atoms with Gasteiger partial charge in [0.2, 0.25) is 5.91 Å². The Labute approximate surface area is 149 Å². The summed E-state index contributed by atoms with van der Waals surface area (Å²) in [6.07, 6.45) is 0. The Bertz CT molecular complexity index is 758. The van der Waals surface area contributed by atoms with Crippen molar-refractivity contribution in [2.45, 2.75) is 27.7 Å². The minimum atomic E-state index is -0.0803. The van der Waals surface area contributed by atoms with Crippen molar-refractivity contribution >= 4 is 17.3 Å². The summed E-state index contributed by atoms with van der Waals surface area (Å²) < 4.78 is 5.61. The van der Waals surface area contributed by atoms with Crippen molar-refractivity contribution in [3.8, 4) is 5.75 Å². The number of benzene rings is 2. The van der Waals surface area contributed by atoms with Gasteiger partial charge in [0.05, 0.1) is 6.54 Å². The van der Waals surface area contributed by atoms with Crippen molar-refractivity contribution in [2.24, 2.45) is 0 Å². The molecule has 2 rings (SSSR count). The molecular formula is C21H26N2O2. The van der Waals surface area contributed by atoms with Crippen LogP contribution in [0.25, 0.3) is 0 Å². The molecule has 4 heteroatoms. The minimum Gasteiger partial charge on any atom is -0.489 e. The van der Waals surface area contributed by atoms with Crippen LogP contribution in [0, 0.1) is 20.8 Å². The van der Waals surface area contributed by atoms with Crippen molar-refractivity contribution < 1.29 is 9.53 Å². The van der Waals surface area contributed by atoms with Gasteiger partial charge in [-0.1, -0.05) is 30.3 Å². The highest BCUT2D eigenvalue weighted by molar-refractivity contribution is 5.95. The summed E-state index contributed by atoms with van der Waals surface area (Å²) in [7, 11) is 0. The number of rotatable bonds is 7. The Hall–Kier alpha value is -2.75. The molecule has 2 N–H and O–H groups in total. The zero-order chi connectivity index (χ0) is 18.4. The fraction of sp³-hybridized carbons (Fsp3) is 0.286. The van der Waals surface area contributed by atoms with Gasteiger partial charge in [0, 0.05) is 17.4 Å². The van der Waals surface area contributed by atoms with Crippen LogP contribution in [0.1, 0.15) is 23.6 Å². The lowest BCUT2D eigenvalue weighted by molar-refractivity contribution is -0.114. The van der Waals surface area contributed by atoms with E-state index in [0.29, 0.717) is 6.61 Å². The molecule has 0 fully saturated rings. The lowest BCUT2D eigenvalue weighted by Gasteiger charge is -2.14. The quantitative estimate of drug-likeness (QED) is 0.724. The third-order valence-corrected chi connectivity index (χ3v) is 3.71. The highest BCUT2D eigenvalue weighted by atomic mass is 16.5. The lowest BCUT2D eigenvalue weighted by Crippen LogP contribution is -2.22. The molecule has 1 amide bonds. The number of anilines is 2. The Balaban J connectivity index is 1.94. The molecule has 0 aromatic heterocycles. The van der Waals surface area contributed by atoms with Gasteiger partial charge in [0.1, 0.15) is 12.4 Å². The summed E-state index contributed by atoms with van der Waals surface area (Å²) in [5, 5.41) is 6.11. The van der Waals surface area contributed by atoms with Gasteiger partial charge in [-0.15, -0.1) is 0 Å². The zero-order valence-electron chi connectivity index (χ0n) is 15.4. The van der Waals surface area contributed by atoms with Gasteiger partial charge in [-0.2, -0.15) is 0 Å². The third kappa shape index (κ3) is 5.68. The molecule has 0 saturated heterocycles. The van der Waals surface area contributed by atoms with Crippen LogP contribution < -0.4 is 15.4 Å². The first-order valence-corrected chi connectivity index (χ1v) is 8.34. The van der Waals surface area contributed by atoms with Crippen LogP contribution in [0.4, 0.5) is 11.4 Å². The molecule has 0 unspecified atom stereocenters. The fourth-order valence-electron chi connectivity index (χ4n) is 2.65. The second kappa shape index (κ2) is 8.38. The van der Waals surface area contributed by atoms with E-state index >= 15 is 0 Å². The van der Waals surface area contributed by atoms with Gasteiger partial charge in [0.15, 0.2) is 0 Å². The highest BCUT2D eigenvalue weighted by Gasteiger charge is 2.08. The number of amides is 1. The summed E-state index contributed by atoms with van der Waals surface area (Å²) in [6.45, 7) is 12.5. The molecule has 0 aliphatic rings. The Morgan fingerprint density at radius 2 is 1.80 bits per heavy atom. The van der Waals surface area contributed by atoms with E-state index in [1.54, 1.807) is 0 Å². The van der Waals surface area contributed by atoms with Crippen LogP contribution in [-0.4, -0.2) is 19.1 Å². The summed E-state index contributed by atoms with van der Waals surface area (Å²) >= 11 is 0. The van der Waals surface area contributed by atoms with Crippen LogP contribution >= 0.6 is 0 Å². The van der Waals surface area contributed by atoms with Gasteiger partial charge in [0.25, 0.3) is 0 Å². The maximum Gasteiger partial charge on any atom is 0.243 e. The molecule has 2 aromatic carbocycles. The second-order valence-corrected chi connectivity index (χ2v) is 6.45. The average Bonchev–Trinajstić information content (AvgIpc) is 2.55. The van der Waals surface area contributed by atoms with Gasteiger partial charge >= 0.3 is 0 Å². The van der Waals surface area contributed by atoms with Gasteiger partial charge in [-0.3, -0.25) is 4.79 Å². The Morgan fingerprint density at radius 3 is 2.44 bits per heavy atom. The van der Waals surface area contributed by atoms with E-state index in [0.717, 1.165) is 33.8 Å². The predicted molar refractivity (Wildman–Crippen MR) is 105 cm³/mol. The molecule has 0 bridgehead atoms. The van der Waals surface area contributed by atoms with Crippen LogP contribution in [0.3, 0.4) is 0 Å². The molecule has 0 atom stereocenters. The number of hydrogen-bond donors (Lipinski definition) is 2. The predicted octanol–water partition coefficient (Wildman–Crippen LogP) is 4.62. The van der Waals surface area contributed by atoms with Crippen LogP contribution in [-0.2, 0) is 4.79 Å². The summed E-state index contributed by atoms with van der Waals surface area (Å²) in [6, 6.07) is 11.7. The molecule has 132 valence electrons. The fourth-order valence-corrected chi connectivity index (χ4v) is 2.65. The Morgan fingerprint density at radius 1 is 1.12 bits per heavy atom. The second-order valence-electron chi connectivity index (χ2n) is 6.45. The summed E-state index contributed by atoms with van der Waals surface area (Å²) in [5.41, 5.74) is 6.02. The molecular weight excluding hydrogens is 312 g/mol. The number of carbonyl (C=O) groups excluding carboxylic acids is 1. The number of aryl methyl sites for hydroxylation is 3. The summed E-state index contributed by atoms with van der Waals surface area (Å²) in [5.74, 6) is 0.668. The summed E-state index contributed by atoms with van der Waals surface area (Å²) in [4.78, 5) is 12.3. The van der Waals surface area contributed by atoms with Crippen molar-refractivity contribution in [1.82, 2.24) is 0 Å². The number of ether oxygens (including phenoxy) is 1. The van der Waals surface area contributed by atoms with Crippen molar-refractivity contribution in [3.05, 3.63) is 65.2 Å². The maximum atomic E-state index is 12.3. The van der Waals surface area contributed by atoms with E-state index in [2.05, 4.69) is 36.3 Å². The maximum absolute atomic E-state index is 12.3. The van der Waals surface area contributed by atoms with Crippen LogP contribution in [0.2, 0.25) is 0 Å². The molecule has 0 aliphatic heterocycles. The Kier molecular flexibility index (Phi) is 6.23. The standard InChI is InChI=1S/C21H26N2O2/c1-14(2)13-25-19-8-6-7-18(11-19)22-12-20(24)23-21-16(4)9-15(3)10-17(21)5/h6-11,22H,1,12-13H2,2-5H3,(H,23,24). The molecule has 0 saturated carbocycles. The topological polar surface area (TPSA) is 50.4 Å².